The van der Waals surface area contributed by atoms with Crippen molar-refractivity contribution in [3.05, 3.63) is 68.7 Å². The molecule has 25 heavy (non-hydrogen) atoms. The average molecular weight is 401 g/mol. The van der Waals surface area contributed by atoms with Crippen LogP contribution in [0.1, 0.15) is 17.5 Å². The Morgan fingerprint density at radius 2 is 2.00 bits per heavy atom. The predicted octanol–water partition coefficient (Wildman–Crippen LogP) is 3.77. The molecule has 5 nitrogen and oxygen atoms in total. The second-order valence-corrected chi connectivity index (χ2v) is 6.81. The fourth-order valence-corrected chi connectivity index (χ4v) is 2.95. The maximum Gasteiger partial charge on any atom is 0.313 e. The fourth-order valence-electron chi connectivity index (χ4n) is 2.59. The van der Waals surface area contributed by atoms with E-state index in [0.717, 1.165) is 15.6 Å². The van der Waals surface area contributed by atoms with E-state index < -0.39 is 0 Å². The highest BCUT2D eigenvalue weighted by atomic mass is 79.9. The van der Waals surface area contributed by atoms with Gasteiger partial charge >= 0.3 is 5.97 Å². The van der Waals surface area contributed by atoms with Crippen LogP contribution in [-0.2, 0) is 11.3 Å². The smallest absolute Gasteiger partial charge is 0.313 e. The molecule has 3 rings (SSSR count). The van der Waals surface area contributed by atoms with Crippen molar-refractivity contribution in [1.29, 1.82) is 0 Å². The summed E-state index contributed by atoms with van der Waals surface area (Å²) in [4.78, 5) is 28.8. The highest BCUT2D eigenvalue weighted by Gasteiger charge is 2.10. The van der Waals surface area contributed by atoms with Crippen LogP contribution in [0.5, 0.6) is 5.75 Å². The van der Waals surface area contributed by atoms with Crippen molar-refractivity contribution in [2.45, 2.75) is 26.8 Å². The maximum atomic E-state index is 12.5. The Balaban J connectivity index is 1.73. The molecular formula is C19H17BrN2O3. The van der Waals surface area contributed by atoms with E-state index in [9.17, 15) is 9.59 Å². The van der Waals surface area contributed by atoms with Gasteiger partial charge in [0.25, 0.3) is 5.56 Å². The Hall–Kier alpha value is -2.47. The molecule has 1 aromatic heterocycles. The molecule has 0 atom stereocenters. The molecule has 0 unspecified atom stereocenters. The molecule has 0 aliphatic carbocycles. The molecule has 3 aromatic rings. The molecule has 0 saturated carbocycles. The Morgan fingerprint density at radius 3 is 2.76 bits per heavy atom. The molecule has 128 valence electrons. The van der Waals surface area contributed by atoms with Crippen LogP contribution in [0.2, 0.25) is 0 Å². The molecule has 0 fully saturated rings. The zero-order valence-corrected chi connectivity index (χ0v) is 15.5. The minimum Gasteiger partial charge on any atom is -0.426 e. The van der Waals surface area contributed by atoms with E-state index in [2.05, 4.69) is 20.9 Å². The van der Waals surface area contributed by atoms with Crippen molar-refractivity contribution in [3.63, 3.8) is 0 Å². The van der Waals surface area contributed by atoms with Gasteiger partial charge in [0, 0.05) is 11.0 Å². The van der Waals surface area contributed by atoms with Gasteiger partial charge in [-0.3, -0.25) is 14.2 Å². The summed E-state index contributed by atoms with van der Waals surface area (Å²) in [5.41, 5.74) is 2.47. The number of hydrogen-bond acceptors (Lipinski definition) is 4. The van der Waals surface area contributed by atoms with Crippen molar-refractivity contribution in [1.82, 2.24) is 9.55 Å². The van der Waals surface area contributed by atoms with Gasteiger partial charge in [0.2, 0.25) is 0 Å². The number of aryl methyl sites for hydroxylation is 3. The first-order chi connectivity index (χ1) is 11.9. The minimum absolute atomic E-state index is 0.0917. The normalized spacial score (nSPS) is 10.8. The topological polar surface area (TPSA) is 61.2 Å². The van der Waals surface area contributed by atoms with Gasteiger partial charge in [-0.1, -0.05) is 33.6 Å². The summed E-state index contributed by atoms with van der Waals surface area (Å²) in [6.07, 6.45) is 1.55. The highest BCUT2D eigenvalue weighted by molar-refractivity contribution is 9.10. The van der Waals surface area contributed by atoms with Crippen molar-refractivity contribution in [3.8, 4) is 5.75 Å². The first-order valence-corrected chi connectivity index (χ1v) is 8.66. The lowest BCUT2D eigenvalue weighted by molar-refractivity contribution is -0.134. The quantitative estimate of drug-likeness (QED) is 0.493. The van der Waals surface area contributed by atoms with Crippen LogP contribution >= 0.6 is 15.9 Å². The molecule has 0 amide bonds. The summed E-state index contributed by atoms with van der Waals surface area (Å²) in [7, 11) is 0. The van der Waals surface area contributed by atoms with Crippen LogP contribution in [0.3, 0.4) is 0 Å². The number of carbonyl (C=O) groups excluding carboxylic acids is 1. The number of fused-ring (bicyclic) bond motifs is 1. The van der Waals surface area contributed by atoms with E-state index >= 15 is 0 Å². The van der Waals surface area contributed by atoms with Crippen LogP contribution < -0.4 is 10.3 Å². The third-order valence-electron chi connectivity index (χ3n) is 3.90. The van der Waals surface area contributed by atoms with E-state index in [-0.39, 0.29) is 24.5 Å². The number of ether oxygens (including phenoxy) is 1. The van der Waals surface area contributed by atoms with Crippen molar-refractivity contribution in [2.24, 2.45) is 0 Å². The van der Waals surface area contributed by atoms with Crippen molar-refractivity contribution in [2.75, 3.05) is 0 Å². The summed E-state index contributed by atoms with van der Waals surface area (Å²) >= 11 is 3.35. The van der Waals surface area contributed by atoms with Crippen molar-refractivity contribution < 1.29 is 9.53 Å². The number of esters is 1. The Bertz CT molecular complexity index is 1010. The summed E-state index contributed by atoms with van der Waals surface area (Å²) < 4.78 is 7.63. The van der Waals surface area contributed by atoms with E-state index in [4.69, 9.17) is 4.74 Å². The second-order valence-electron chi connectivity index (χ2n) is 5.90. The summed E-state index contributed by atoms with van der Waals surface area (Å²) in [5.74, 6) is 0.164. The van der Waals surface area contributed by atoms with E-state index in [0.29, 0.717) is 16.7 Å². The molecule has 6 heteroatoms. The Labute approximate surface area is 153 Å². The van der Waals surface area contributed by atoms with Crippen LogP contribution in [0, 0.1) is 13.8 Å². The third-order valence-corrected chi connectivity index (χ3v) is 4.39. The van der Waals surface area contributed by atoms with Gasteiger partial charge in [-0.25, -0.2) is 4.98 Å². The van der Waals surface area contributed by atoms with Gasteiger partial charge in [0.15, 0.2) is 0 Å². The largest absolute Gasteiger partial charge is 0.426 e. The minimum atomic E-state index is -0.381. The molecule has 2 aromatic carbocycles. The highest BCUT2D eigenvalue weighted by Crippen LogP contribution is 2.19. The third kappa shape index (κ3) is 3.96. The number of halogens is 1. The van der Waals surface area contributed by atoms with Crippen LogP contribution in [0.4, 0.5) is 0 Å². The van der Waals surface area contributed by atoms with Crippen LogP contribution in [0.15, 0.2) is 52.0 Å². The molecule has 0 spiro atoms. The number of nitrogens with zero attached hydrogens (tertiary/aromatic N) is 2. The second kappa shape index (κ2) is 7.19. The zero-order valence-electron chi connectivity index (χ0n) is 14.0. The van der Waals surface area contributed by atoms with Crippen molar-refractivity contribution >= 4 is 32.8 Å². The monoisotopic (exact) mass is 400 g/mol. The lowest BCUT2D eigenvalue weighted by atomic mass is 10.1. The Kier molecular flexibility index (Phi) is 4.99. The summed E-state index contributed by atoms with van der Waals surface area (Å²) in [6.45, 7) is 4.10. The summed E-state index contributed by atoms with van der Waals surface area (Å²) in [6, 6.07) is 11.0. The van der Waals surface area contributed by atoms with Gasteiger partial charge in [-0.05, 0) is 43.7 Å². The average Bonchev–Trinajstić information content (AvgIpc) is 2.57. The number of rotatable bonds is 4. The van der Waals surface area contributed by atoms with Gasteiger partial charge < -0.3 is 4.74 Å². The lowest BCUT2D eigenvalue weighted by Crippen LogP contribution is -2.23. The van der Waals surface area contributed by atoms with Gasteiger partial charge in [-0.2, -0.15) is 0 Å². The SMILES string of the molecule is Cc1ccc(OC(=O)CCn2cnc3ccc(Br)cc3c2=O)c(C)c1. The number of benzene rings is 2. The molecule has 0 bridgehead atoms. The van der Waals surface area contributed by atoms with E-state index in [1.807, 2.05) is 32.0 Å². The summed E-state index contributed by atoms with van der Waals surface area (Å²) in [5, 5.41) is 0.514. The molecule has 0 aliphatic heterocycles. The number of hydrogen-bond donors (Lipinski definition) is 0. The van der Waals surface area contributed by atoms with E-state index in [1.54, 1.807) is 18.2 Å². The first-order valence-electron chi connectivity index (χ1n) is 7.86. The van der Waals surface area contributed by atoms with Gasteiger partial charge in [0.05, 0.1) is 23.7 Å². The maximum absolute atomic E-state index is 12.5. The molecule has 0 saturated heterocycles. The van der Waals surface area contributed by atoms with Crippen LogP contribution in [0.25, 0.3) is 10.9 Å². The lowest BCUT2D eigenvalue weighted by Gasteiger charge is -2.09. The zero-order chi connectivity index (χ0) is 18.0. The molecule has 0 aliphatic rings. The molecule has 1 heterocycles. The number of carbonyl (C=O) groups is 1. The van der Waals surface area contributed by atoms with Gasteiger partial charge in [0.1, 0.15) is 5.75 Å². The molecule has 0 N–H and O–H groups in total. The number of aromatic nitrogens is 2. The molecule has 0 radical (unpaired) electrons. The fraction of sp³-hybridized carbons (Fsp3) is 0.211. The van der Waals surface area contributed by atoms with E-state index in [1.165, 1.54) is 10.9 Å². The first kappa shape index (κ1) is 17.4. The van der Waals surface area contributed by atoms with Crippen LogP contribution in [-0.4, -0.2) is 15.5 Å². The standard InChI is InChI=1S/C19H17BrN2O3/c1-12-3-6-17(13(2)9-12)25-18(23)7-8-22-11-21-16-5-4-14(20)10-15(16)19(22)24/h3-6,9-11H,7-8H2,1-2H3. The predicted molar refractivity (Wildman–Crippen MR) is 99.9 cm³/mol. The van der Waals surface area contributed by atoms with Gasteiger partial charge in [-0.15, -0.1) is 0 Å². The molecular weight excluding hydrogens is 384 g/mol. The Morgan fingerprint density at radius 1 is 1.20 bits per heavy atom.